The first kappa shape index (κ1) is 19.2. The standard InChI is InChI=1S/C22H21FN4O/c1-27(2)20-11-9-19(10-12-20)26-25-18-7-4-15(5-8-18)22(28)13-16-3-6-17(23)14-21(16)24/h3-12,14H,13,24H2,1-2H3. The highest BCUT2D eigenvalue weighted by Crippen LogP contribution is 2.22. The summed E-state index contributed by atoms with van der Waals surface area (Å²) in [7, 11) is 3.95. The highest BCUT2D eigenvalue weighted by atomic mass is 19.1. The SMILES string of the molecule is CN(C)c1ccc(N=Nc2ccc(C(=O)Cc3ccc(F)cc3N)cc2)cc1. The van der Waals surface area contributed by atoms with Crippen LogP contribution in [0.25, 0.3) is 0 Å². The van der Waals surface area contributed by atoms with Gasteiger partial charge in [0.15, 0.2) is 5.78 Å². The van der Waals surface area contributed by atoms with Crippen molar-refractivity contribution in [1.82, 2.24) is 0 Å². The minimum Gasteiger partial charge on any atom is -0.398 e. The molecule has 0 bridgehead atoms. The zero-order valence-corrected chi connectivity index (χ0v) is 15.8. The molecule has 142 valence electrons. The van der Waals surface area contributed by atoms with Crippen LogP contribution in [0.3, 0.4) is 0 Å². The highest BCUT2D eigenvalue weighted by molar-refractivity contribution is 5.98. The van der Waals surface area contributed by atoms with Crippen LogP contribution in [0.1, 0.15) is 15.9 Å². The Labute approximate surface area is 163 Å². The van der Waals surface area contributed by atoms with E-state index in [2.05, 4.69) is 10.2 Å². The van der Waals surface area contributed by atoms with Gasteiger partial charge in [-0.2, -0.15) is 10.2 Å². The molecule has 0 radical (unpaired) electrons. The average Bonchev–Trinajstić information content (AvgIpc) is 2.69. The van der Waals surface area contributed by atoms with Crippen LogP contribution < -0.4 is 10.6 Å². The Morgan fingerprint density at radius 2 is 1.50 bits per heavy atom. The first-order valence-electron chi connectivity index (χ1n) is 8.78. The number of hydrogen-bond acceptors (Lipinski definition) is 5. The predicted octanol–water partition coefficient (Wildman–Crippen LogP) is 5.31. The molecule has 3 aromatic carbocycles. The maximum absolute atomic E-state index is 13.1. The molecule has 6 heteroatoms. The van der Waals surface area contributed by atoms with E-state index in [4.69, 9.17) is 5.73 Å². The van der Waals surface area contributed by atoms with Crippen molar-refractivity contribution in [3.63, 3.8) is 0 Å². The van der Waals surface area contributed by atoms with Gasteiger partial charge in [0.2, 0.25) is 0 Å². The fraction of sp³-hybridized carbons (Fsp3) is 0.136. The largest absolute Gasteiger partial charge is 0.398 e. The molecule has 28 heavy (non-hydrogen) atoms. The van der Waals surface area contributed by atoms with Gasteiger partial charge < -0.3 is 10.6 Å². The van der Waals surface area contributed by atoms with E-state index in [1.54, 1.807) is 24.3 Å². The molecule has 3 rings (SSSR count). The molecule has 0 aromatic heterocycles. The van der Waals surface area contributed by atoms with Crippen molar-refractivity contribution in [1.29, 1.82) is 0 Å². The summed E-state index contributed by atoms with van der Waals surface area (Å²) in [5, 5.41) is 8.41. The number of Topliss-reactive ketones (excluding diaryl/α,β-unsaturated/α-hetero) is 1. The highest BCUT2D eigenvalue weighted by Gasteiger charge is 2.10. The number of benzene rings is 3. The Balaban J connectivity index is 1.66. The summed E-state index contributed by atoms with van der Waals surface area (Å²) in [4.78, 5) is 14.4. The molecule has 5 nitrogen and oxygen atoms in total. The first-order chi connectivity index (χ1) is 13.4. The van der Waals surface area contributed by atoms with Crippen molar-refractivity contribution in [3.8, 4) is 0 Å². The minimum absolute atomic E-state index is 0.0962. The van der Waals surface area contributed by atoms with Crippen LogP contribution in [0.2, 0.25) is 0 Å². The number of carbonyl (C=O) groups is 1. The summed E-state index contributed by atoms with van der Waals surface area (Å²) < 4.78 is 13.1. The number of carbonyl (C=O) groups excluding carboxylic acids is 1. The lowest BCUT2D eigenvalue weighted by Gasteiger charge is -2.11. The second-order valence-electron chi connectivity index (χ2n) is 6.60. The third-order valence-electron chi connectivity index (χ3n) is 4.30. The Bertz CT molecular complexity index is 996. The molecule has 2 N–H and O–H groups in total. The number of halogens is 1. The van der Waals surface area contributed by atoms with E-state index in [1.165, 1.54) is 18.2 Å². The fourth-order valence-corrected chi connectivity index (χ4v) is 2.65. The van der Waals surface area contributed by atoms with Crippen molar-refractivity contribution < 1.29 is 9.18 Å². The summed E-state index contributed by atoms with van der Waals surface area (Å²) in [6.07, 6.45) is 0.116. The van der Waals surface area contributed by atoms with Crippen LogP contribution in [0.5, 0.6) is 0 Å². The molecule has 0 saturated heterocycles. The molecule has 0 heterocycles. The van der Waals surface area contributed by atoms with E-state index in [9.17, 15) is 9.18 Å². The van der Waals surface area contributed by atoms with E-state index in [0.29, 0.717) is 16.8 Å². The maximum Gasteiger partial charge on any atom is 0.167 e. The monoisotopic (exact) mass is 376 g/mol. The van der Waals surface area contributed by atoms with Crippen molar-refractivity contribution in [2.45, 2.75) is 6.42 Å². The summed E-state index contributed by atoms with van der Waals surface area (Å²) in [6.45, 7) is 0. The number of hydrogen-bond donors (Lipinski definition) is 1. The Hall–Kier alpha value is -3.54. The molecule has 0 spiro atoms. The molecule has 0 unspecified atom stereocenters. The number of nitrogen functional groups attached to an aromatic ring is 1. The van der Waals surface area contributed by atoms with Crippen molar-refractivity contribution in [2.75, 3.05) is 24.7 Å². The van der Waals surface area contributed by atoms with Gasteiger partial charge in [-0.15, -0.1) is 0 Å². The third-order valence-corrected chi connectivity index (χ3v) is 4.30. The first-order valence-corrected chi connectivity index (χ1v) is 8.78. The van der Waals surface area contributed by atoms with Crippen molar-refractivity contribution >= 4 is 28.5 Å². The van der Waals surface area contributed by atoms with Gasteiger partial charge in [0.1, 0.15) is 5.82 Å². The van der Waals surface area contributed by atoms with Crippen molar-refractivity contribution in [3.05, 3.63) is 83.7 Å². The Morgan fingerprint density at radius 3 is 2.04 bits per heavy atom. The van der Waals surface area contributed by atoms with Crippen LogP contribution in [-0.2, 0) is 6.42 Å². The second kappa shape index (κ2) is 8.43. The normalized spacial score (nSPS) is 11.0. The topological polar surface area (TPSA) is 71.0 Å². The number of nitrogens with two attached hydrogens (primary N) is 1. The van der Waals surface area contributed by atoms with E-state index < -0.39 is 5.82 Å². The van der Waals surface area contributed by atoms with Crippen molar-refractivity contribution in [2.24, 2.45) is 10.2 Å². The van der Waals surface area contributed by atoms with Crippen LogP contribution >= 0.6 is 0 Å². The third kappa shape index (κ3) is 4.79. The Kier molecular flexibility index (Phi) is 5.79. The summed E-state index contributed by atoms with van der Waals surface area (Å²) in [6, 6.07) is 18.6. The maximum atomic E-state index is 13.1. The molecular formula is C22H21FN4O. The zero-order chi connectivity index (χ0) is 20.1. The Morgan fingerprint density at radius 1 is 0.929 bits per heavy atom. The summed E-state index contributed by atoms with van der Waals surface area (Å²) >= 11 is 0. The van der Waals surface area contributed by atoms with E-state index in [1.807, 2.05) is 43.3 Å². The molecule has 0 saturated carbocycles. The van der Waals surface area contributed by atoms with E-state index in [-0.39, 0.29) is 17.9 Å². The number of azo groups is 1. The molecule has 0 atom stereocenters. The molecular weight excluding hydrogens is 355 g/mol. The summed E-state index contributed by atoms with van der Waals surface area (Å²) in [5.41, 5.74) is 9.68. The lowest BCUT2D eigenvalue weighted by atomic mass is 10.0. The molecule has 3 aromatic rings. The van der Waals surface area contributed by atoms with Gasteiger partial charge in [0.25, 0.3) is 0 Å². The molecule has 0 amide bonds. The molecule has 0 fully saturated rings. The minimum atomic E-state index is -0.417. The van der Waals surface area contributed by atoms with Gasteiger partial charge in [-0.05, 0) is 66.2 Å². The molecule has 0 aliphatic heterocycles. The van der Waals surface area contributed by atoms with Gasteiger partial charge in [0.05, 0.1) is 11.4 Å². The van der Waals surface area contributed by atoms with Gasteiger partial charge in [0, 0.05) is 37.5 Å². The van der Waals surface area contributed by atoms with E-state index in [0.717, 1.165) is 11.4 Å². The average molecular weight is 376 g/mol. The molecule has 0 aliphatic rings. The van der Waals surface area contributed by atoms with Crippen LogP contribution in [-0.4, -0.2) is 19.9 Å². The van der Waals surface area contributed by atoms with Gasteiger partial charge in [-0.25, -0.2) is 4.39 Å². The number of nitrogens with zero attached hydrogens (tertiary/aromatic N) is 3. The fourth-order valence-electron chi connectivity index (χ4n) is 2.65. The lowest BCUT2D eigenvalue weighted by molar-refractivity contribution is 0.0993. The van der Waals surface area contributed by atoms with Crippen LogP contribution in [0, 0.1) is 5.82 Å². The zero-order valence-electron chi connectivity index (χ0n) is 15.8. The van der Waals surface area contributed by atoms with E-state index >= 15 is 0 Å². The summed E-state index contributed by atoms with van der Waals surface area (Å²) in [5.74, 6) is -0.513. The van der Waals surface area contributed by atoms with Gasteiger partial charge in [-0.3, -0.25) is 4.79 Å². The number of ketones is 1. The van der Waals surface area contributed by atoms with Gasteiger partial charge in [-0.1, -0.05) is 6.07 Å². The van der Waals surface area contributed by atoms with Crippen LogP contribution in [0.15, 0.2) is 77.0 Å². The lowest BCUT2D eigenvalue weighted by Crippen LogP contribution is -2.07. The number of rotatable bonds is 6. The second-order valence-corrected chi connectivity index (χ2v) is 6.60. The van der Waals surface area contributed by atoms with Crippen LogP contribution in [0.4, 0.5) is 27.1 Å². The predicted molar refractivity (Wildman–Crippen MR) is 110 cm³/mol. The quantitative estimate of drug-likeness (QED) is 0.360. The smallest absolute Gasteiger partial charge is 0.167 e. The molecule has 0 aliphatic carbocycles. The van der Waals surface area contributed by atoms with Gasteiger partial charge >= 0.3 is 0 Å². The number of anilines is 2.